The molecule has 0 aliphatic rings. The quantitative estimate of drug-likeness (QED) is 0.422. The smallest absolute Gasteiger partial charge is 0.283 e. The highest BCUT2D eigenvalue weighted by molar-refractivity contribution is 5.91. The lowest BCUT2D eigenvalue weighted by Crippen LogP contribution is -2.30. The van der Waals surface area contributed by atoms with Crippen molar-refractivity contribution in [1.29, 1.82) is 0 Å². The van der Waals surface area contributed by atoms with Gasteiger partial charge < -0.3 is 4.57 Å². The van der Waals surface area contributed by atoms with E-state index in [0.29, 0.717) is 12.2 Å². The number of hydrazine groups is 1. The van der Waals surface area contributed by atoms with Crippen LogP contribution < -0.4 is 11.3 Å². The maximum Gasteiger partial charge on any atom is 0.283 e. The summed E-state index contributed by atoms with van der Waals surface area (Å²) in [6.07, 6.45) is 1.77. The van der Waals surface area contributed by atoms with Gasteiger partial charge in [0.15, 0.2) is 0 Å². The van der Waals surface area contributed by atoms with Gasteiger partial charge in [0.1, 0.15) is 5.69 Å². The summed E-state index contributed by atoms with van der Waals surface area (Å²) in [4.78, 5) is 20.1. The maximum absolute atomic E-state index is 11.5. The Morgan fingerprint density at radius 2 is 2.05 bits per heavy atom. The molecule has 20 heavy (non-hydrogen) atoms. The molecule has 1 aromatic carbocycles. The number of carbonyl (C=O) groups excluding carboxylic acids is 1. The summed E-state index contributed by atoms with van der Waals surface area (Å²) in [6.45, 7) is 0.548. The summed E-state index contributed by atoms with van der Waals surface area (Å²) in [5, 5.41) is 0. The summed E-state index contributed by atoms with van der Waals surface area (Å²) in [5.74, 6) is 4.71. The third kappa shape index (κ3) is 2.24. The van der Waals surface area contributed by atoms with Crippen LogP contribution in [0.3, 0.4) is 0 Å². The minimum atomic E-state index is -0.401. The highest BCUT2D eigenvalue weighted by atomic mass is 16.2. The van der Waals surface area contributed by atoms with E-state index >= 15 is 0 Å². The topological polar surface area (TPSA) is 85.8 Å². The lowest BCUT2D eigenvalue weighted by atomic mass is 10.2. The van der Waals surface area contributed by atoms with Crippen molar-refractivity contribution in [1.82, 2.24) is 20.0 Å². The molecule has 0 saturated heterocycles. The van der Waals surface area contributed by atoms with Crippen LogP contribution in [0.4, 0.5) is 0 Å². The zero-order valence-electron chi connectivity index (χ0n) is 10.7. The molecule has 1 amide bonds. The Labute approximate surface area is 115 Å². The third-order valence-electron chi connectivity index (χ3n) is 3.03. The summed E-state index contributed by atoms with van der Waals surface area (Å²) in [6, 6.07) is 13.1. The van der Waals surface area contributed by atoms with Crippen molar-refractivity contribution < 1.29 is 4.79 Å². The normalized spacial score (nSPS) is 10.7. The molecule has 3 aromatic rings. The van der Waals surface area contributed by atoms with Gasteiger partial charge in [-0.15, -0.1) is 0 Å². The Morgan fingerprint density at radius 1 is 1.20 bits per heavy atom. The zero-order chi connectivity index (χ0) is 13.9. The lowest BCUT2D eigenvalue weighted by molar-refractivity contribution is 0.0948. The number of rotatable bonds is 3. The van der Waals surface area contributed by atoms with Crippen molar-refractivity contribution in [2.45, 2.75) is 6.54 Å². The van der Waals surface area contributed by atoms with Crippen molar-refractivity contribution >= 4 is 16.9 Å². The molecule has 6 nitrogen and oxygen atoms in total. The van der Waals surface area contributed by atoms with Gasteiger partial charge in [-0.3, -0.25) is 10.2 Å². The molecular formula is C14H13N5O. The van der Waals surface area contributed by atoms with Crippen molar-refractivity contribution in [3.05, 3.63) is 60.2 Å². The predicted octanol–water partition coefficient (Wildman–Crippen LogP) is 1.08. The summed E-state index contributed by atoms with van der Waals surface area (Å²) in [7, 11) is 0. The van der Waals surface area contributed by atoms with E-state index < -0.39 is 5.91 Å². The monoisotopic (exact) mass is 267 g/mol. The first kappa shape index (κ1) is 12.3. The molecule has 2 aromatic heterocycles. The first-order chi connectivity index (χ1) is 9.78. The molecule has 0 aliphatic carbocycles. The number of aromatic nitrogens is 3. The van der Waals surface area contributed by atoms with Crippen molar-refractivity contribution in [2.24, 2.45) is 5.84 Å². The Morgan fingerprint density at radius 3 is 2.90 bits per heavy atom. The number of para-hydroxylation sites is 2. The molecule has 0 unspecified atom stereocenters. The van der Waals surface area contributed by atoms with Gasteiger partial charge in [-0.05, 0) is 24.3 Å². The SMILES string of the molecule is NNC(=O)c1cccc(Cn2cnc3ccccc32)n1. The van der Waals surface area contributed by atoms with Crippen LogP contribution in [0.1, 0.15) is 16.2 Å². The molecule has 0 bridgehead atoms. The second-order valence-electron chi connectivity index (χ2n) is 4.35. The number of nitrogen functional groups attached to an aromatic ring is 1. The van der Waals surface area contributed by atoms with Crippen LogP contribution in [0.5, 0.6) is 0 Å². The van der Waals surface area contributed by atoms with Gasteiger partial charge >= 0.3 is 0 Å². The fourth-order valence-corrected chi connectivity index (χ4v) is 2.08. The third-order valence-corrected chi connectivity index (χ3v) is 3.03. The summed E-state index contributed by atoms with van der Waals surface area (Å²) >= 11 is 0. The van der Waals surface area contributed by atoms with E-state index in [0.717, 1.165) is 16.7 Å². The van der Waals surface area contributed by atoms with Crippen LogP contribution in [0, 0.1) is 0 Å². The van der Waals surface area contributed by atoms with Crippen molar-refractivity contribution in [3.8, 4) is 0 Å². The molecule has 0 fully saturated rings. The standard InChI is InChI=1S/C14H13N5O/c15-18-14(20)12-6-3-4-10(17-12)8-19-9-16-11-5-1-2-7-13(11)19/h1-7,9H,8,15H2,(H,18,20). The second kappa shape index (κ2) is 5.10. The second-order valence-corrected chi connectivity index (χ2v) is 4.35. The number of amides is 1. The van der Waals surface area contributed by atoms with Crippen LogP contribution >= 0.6 is 0 Å². The molecule has 0 aliphatic heterocycles. The van der Waals surface area contributed by atoms with Gasteiger partial charge in [0.2, 0.25) is 0 Å². The van der Waals surface area contributed by atoms with E-state index in [1.54, 1.807) is 18.5 Å². The van der Waals surface area contributed by atoms with Crippen LogP contribution in [0.15, 0.2) is 48.8 Å². The Balaban J connectivity index is 1.93. The van der Waals surface area contributed by atoms with E-state index in [1.165, 1.54) is 0 Å². The van der Waals surface area contributed by atoms with Gasteiger partial charge in [0.05, 0.1) is 29.6 Å². The fraction of sp³-hybridized carbons (Fsp3) is 0.0714. The van der Waals surface area contributed by atoms with E-state index in [-0.39, 0.29) is 0 Å². The van der Waals surface area contributed by atoms with Crippen LogP contribution in [-0.2, 0) is 6.54 Å². The van der Waals surface area contributed by atoms with E-state index in [4.69, 9.17) is 5.84 Å². The van der Waals surface area contributed by atoms with Gasteiger partial charge in [0.25, 0.3) is 5.91 Å². The van der Waals surface area contributed by atoms with Crippen LogP contribution in [0.25, 0.3) is 11.0 Å². The molecule has 0 radical (unpaired) electrons. The Kier molecular flexibility index (Phi) is 3.14. The average Bonchev–Trinajstić information content (AvgIpc) is 2.90. The van der Waals surface area contributed by atoms with Crippen molar-refractivity contribution in [3.63, 3.8) is 0 Å². The number of fused-ring (bicyclic) bond motifs is 1. The fourth-order valence-electron chi connectivity index (χ4n) is 2.08. The van der Waals surface area contributed by atoms with Crippen LogP contribution in [0.2, 0.25) is 0 Å². The van der Waals surface area contributed by atoms with E-state index in [1.807, 2.05) is 34.9 Å². The van der Waals surface area contributed by atoms with Gasteiger partial charge in [0, 0.05) is 0 Å². The molecule has 0 atom stereocenters. The number of imidazole rings is 1. The first-order valence-corrected chi connectivity index (χ1v) is 6.14. The molecule has 100 valence electrons. The van der Waals surface area contributed by atoms with Crippen LogP contribution in [-0.4, -0.2) is 20.4 Å². The van der Waals surface area contributed by atoms with Gasteiger partial charge in [-0.1, -0.05) is 18.2 Å². The first-order valence-electron chi connectivity index (χ1n) is 6.14. The number of nitrogens with one attached hydrogen (secondary N) is 1. The largest absolute Gasteiger partial charge is 0.324 e. The van der Waals surface area contributed by atoms with Gasteiger partial charge in [-0.2, -0.15) is 0 Å². The molecule has 6 heteroatoms. The Bertz CT molecular complexity index is 765. The molecular weight excluding hydrogens is 254 g/mol. The maximum atomic E-state index is 11.5. The number of hydrogen-bond acceptors (Lipinski definition) is 4. The lowest BCUT2D eigenvalue weighted by Gasteiger charge is -2.05. The number of hydrogen-bond donors (Lipinski definition) is 2. The van der Waals surface area contributed by atoms with E-state index in [9.17, 15) is 4.79 Å². The number of benzene rings is 1. The number of carbonyl (C=O) groups is 1. The minimum Gasteiger partial charge on any atom is -0.324 e. The molecule has 2 heterocycles. The predicted molar refractivity (Wildman–Crippen MR) is 74.7 cm³/mol. The number of nitrogens with two attached hydrogens (primary N) is 1. The Hall–Kier alpha value is -2.73. The average molecular weight is 267 g/mol. The number of nitrogens with zero attached hydrogens (tertiary/aromatic N) is 3. The summed E-state index contributed by atoms with van der Waals surface area (Å²) in [5.41, 5.74) is 5.11. The number of pyridine rings is 1. The highest BCUT2D eigenvalue weighted by Crippen LogP contribution is 2.13. The molecule has 3 rings (SSSR count). The highest BCUT2D eigenvalue weighted by Gasteiger charge is 2.07. The van der Waals surface area contributed by atoms with E-state index in [2.05, 4.69) is 15.4 Å². The molecule has 3 N–H and O–H groups in total. The zero-order valence-corrected chi connectivity index (χ0v) is 10.7. The molecule has 0 saturated carbocycles. The molecule has 0 spiro atoms. The summed E-state index contributed by atoms with van der Waals surface area (Å²) < 4.78 is 1.99. The van der Waals surface area contributed by atoms with Gasteiger partial charge in [-0.25, -0.2) is 15.8 Å². The minimum absolute atomic E-state index is 0.300. The van der Waals surface area contributed by atoms with Crippen molar-refractivity contribution in [2.75, 3.05) is 0 Å².